The zero-order valence-corrected chi connectivity index (χ0v) is 6.28. The molecule has 0 aliphatic carbocycles. The number of allylic oxidation sites excluding steroid dienone is 4. The van der Waals surface area contributed by atoms with E-state index in [1.54, 1.807) is 0 Å². The SMILES string of the molecule is C=C(C)/C=C/CC(=C)C. The molecule has 0 rings (SSSR count). The molecule has 0 heteroatoms. The third-order valence-corrected chi connectivity index (χ3v) is 0.869. The first-order chi connectivity index (χ1) is 4.13. The average molecular weight is 122 g/mol. The molecule has 0 aromatic heterocycles. The molecule has 0 fully saturated rings. The largest absolute Gasteiger partial charge is 0.0998 e. The van der Waals surface area contributed by atoms with Gasteiger partial charge in [-0.3, -0.25) is 0 Å². The van der Waals surface area contributed by atoms with Crippen molar-refractivity contribution in [2.45, 2.75) is 20.3 Å². The highest BCUT2D eigenvalue weighted by Gasteiger charge is 1.77. The van der Waals surface area contributed by atoms with Crippen LogP contribution in [0.25, 0.3) is 0 Å². The lowest BCUT2D eigenvalue weighted by molar-refractivity contribution is 1.22. The van der Waals surface area contributed by atoms with Crippen LogP contribution in [0, 0.1) is 0 Å². The van der Waals surface area contributed by atoms with E-state index < -0.39 is 0 Å². The summed E-state index contributed by atoms with van der Waals surface area (Å²) in [4.78, 5) is 0. The summed E-state index contributed by atoms with van der Waals surface area (Å²) >= 11 is 0. The van der Waals surface area contributed by atoms with Crippen LogP contribution in [0.5, 0.6) is 0 Å². The van der Waals surface area contributed by atoms with Crippen LogP contribution in [0.3, 0.4) is 0 Å². The Kier molecular flexibility index (Phi) is 3.78. The van der Waals surface area contributed by atoms with Crippen molar-refractivity contribution in [1.82, 2.24) is 0 Å². The van der Waals surface area contributed by atoms with Gasteiger partial charge in [-0.25, -0.2) is 0 Å². The molecule has 0 saturated heterocycles. The van der Waals surface area contributed by atoms with Gasteiger partial charge in [0.05, 0.1) is 0 Å². The quantitative estimate of drug-likeness (QED) is 0.398. The standard InChI is InChI=1S/C9H14/c1-8(2)6-5-7-9(3)4/h5-6H,1,3,7H2,2,4H3/b6-5+. The molecule has 0 radical (unpaired) electrons. The van der Waals surface area contributed by atoms with Crippen LogP contribution in [0.2, 0.25) is 0 Å². The molecule has 0 aromatic rings. The van der Waals surface area contributed by atoms with Crippen LogP contribution in [0.1, 0.15) is 20.3 Å². The van der Waals surface area contributed by atoms with Gasteiger partial charge in [0.2, 0.25) is 0 Å². The average Bonchev–Trinajstić information content (AvgIpc) is 1.63. The first kappa shape index (κ1) is 8.22. The van der Waals surface area contributed by atoms with E-state index in [1.165, 1.54) is 5.57 Å². The Bertz CT molecular complexity index is 138. The molecule has 0 bridgehead atoms. The fourth-order valence-electron chi connectivity index (χ4n) is 0.461. The summed E-state index contributed by atoms with van der Waals surface area (Å²) in [6.45, 7) is 11.5. The third-order valence-electron chi connectivity index (χ3n) is 0.869. The van der Waals surface area contributed by atoms with Crippen molar-refractivity contribution in [3.63, 3.8) is 0 Å². The third kappa shape index (κ3) is 7.22. The van der Waals surface area contributed by atoms with E-state index in [1.807, 2.05) is 19.9 Å². The van der Waals surface area contributed by atoms with E-state index >= 15 is 0 Å². The summed E-state index contributed by atoms with van der Waals surface area (Å²) < 4.78 is 0. The molecule has 0 spiro atoms. The number of hydrogen-bond donors (Lipinski definition) is 0. The molecule has 0 N–H and O–H groups in total. The van der Waals surface area contributed by atoms with Gasteiger partial charge in [-0.2, -0.15) is 0 Å². The molecule has 9 heavy (non-hydrogen) atoms. The summed E-state index contributed by atoms with van der Waals surface area (Å²) in [5, 5.41) is 0. The second kappa shape index (κ2) is 4.13. The van der Waals surface area contributed by atoms with Gasteiger partial charge in [0.1, 0.15) is 0 Å². The minimum atomic E-state index is 0.965. The monoisotopic (exact) mass is 122 g/mol. The molecule has 0 amide bonds. The highest BCUT2D eigenvalue weighted by Crippen LogP contribution is 1.98. The fraction of sp³-hybridized carbons (Fsp3) is 0.333. The second-order valence-electron chi connectivity index (χ2n) is 2.41. The van der Waals surface area contributed by atoms with Crippen molar-refractivity contribution in [1.29, 1.82) is 0 Å². The Hall–Kier alpha value is -0.780. The van der Waals surface area contributed by atoms with Crippen LogP contribution in [-0.4, -0.2) is 0 Å². The van der Waals surface area contributed by atoms with E-state index in [9.17, 15) is 0 Å². The Labute approximate surface area is 57.6 Å². The van der Waals surface area contributed by atoms with E-state index in [2.05, 4.69) is 19.2 Å². The van der Waals surface area contributed by atoms with E-state index in [0.29, 0.717) is 0 Å². The Morgan fingerprint density at radius 1 is 1.33 bits per heavy atom. The van der Waals surface area contributed by atoms with Crippen molar-refractivity contribution < 1.29 is 0 Å². The van der Waals surface area contributed by atoms with Crippen molar-refractivity contribution in [2.75, 3.05) is 0 Å². The lowest BCUT2D eigenvalue weighted by Crippen LogP contribution is -1.67. The number of rotatable bonds is 3. The maximum absolute atomic E-state index is 3.77. The predicted molar refractivity (Wildman–Crippen MR) is 43.4 cm³/mol. The number of hydrogen-bond acceptors (Lipinski definition) is 0. The van der Waals surface area contributed by atoms with Crippen molar-refractivity contribution in [2.24, 2.45) is 0 Å². The maximum Gasteiger partial charge on any atom is -0.0141 e. The second-order valence-corrected chi connectivity index (χ2v) is 2.41. The first-order valence-corrected chi connectivity index (χ1v) is 3.09. The van der Waals surface area contributed by atoms with Gasteiger partial charge in [0, 0.05) is 0 Å². The van der Waals surface area contributed by atoms with Gasteiger partial charge in [-0.15, -0.1) is 0 Å². The van der Waals surface area contributed by atoms with Crippen LogP contribution in [0.15, 0.2) is 36.5 Å². The summed E-state index contributed by atoms with van der Waals surface area (Å²) in [5.74, 6) is 0. The van der Waals surface area contributed by atoms with E-state index in [4.69, 9.17) is 0 Å². The first-order valence-electron chi connectivity index (χ1n) is 3.09. The predicted octanol–water partition coefficient (Wildman–Crippen LogP) is 3.08. The molecule has 0 unspecified atom stereocenters. The van der Waals surface area contributed by atoms with Crippen LogP contribution in [-0.2, 0) is 0 Å². The smallest absolute Gasteiger partial charge is 0.0141 e. The Morgan fingerprint density at radius 2 is 1.89 bits per heavy atom. The fourth-order valence-corrected chi connectivity index (χ4v) is 0.461. The van der Waals surface area contributed by atoms with Crippen LogP contribution < -0.4 is 0 Å². The zero-order chi connectivity index (χ0) is 7.28. The summed E-state index contributed by atoms with van der Waals surface area (Å²) in [6.07, 6.45) is 5.05. The minimum absolute atomic E-state index is 0.965. The van der Waals surface area contributed by atoms with E-state index in [0.717, 1.165) is 12.0 Å². The topological polar surface area (TPSA) is 0 Å². The van der Waals surface area contributed by atoms with Gasteiger partial charge in [-0.1, -0.05) is 36.5 Å². The van der Waals surface area contributed by atoms with Gasteiger partial charge >= 0.3 is 0 Å². The molecule has 0 aromatic carbocycles. The van der Waals surface area contributed by atoms with Gasteiger partial charge in [-0.05, 0) is 20.3 Å². The summed E-state index contributed by atoms with van der Waals surface area (Å²) in [6, 6.07) is 0. The summed E-state index contributed by atoms with van der Waals surface area (Å²) in [7, 11) is 0. The van der Waals surface area contributed by atoms with Crippen molar-refractivity contribution in [3.8, 4) is 0 Å². The van der Waals surface area contributed by atoms with E-state index in [-0.39, 0.29) is 0 Å². The van der Waals surface area contributed by atoms with Gasteiger partial charge < -0.3 is 0 Å². The van der Waals surface area contributed by atoms with Gasteiger partial charge in [0.15, 0.2) is 0 Å². The zero-order valence-electron chi connectivity index (χ0n) is 6.28. The highest BCUT2D eigenvalue weighted by atomic mass is 13.8. The van der Waals surface area contributed by atoms with Crippen LogP contribution >= 0.6 is 0 Å². The Balaban J connectivity index is 3.48. The lowest BCUT2D eigenvalue weighted by Gasteiger charge is -1.88. The minimum Gasteiger partial charge on any atom is -0.0998 e. The molecule has 0 nitrogen and oxygen atoms in total. The lowest BCUT2D eigenvalue weighted by atomic mass is 10.2. The molecular weight excluding hydrogens is 108 g/mol. The van der Waals surface area contributed by atoms with Gasteiger partial charge in [0.25, 0.3) is 0 Å². The normalized spacial score (nSPS) is 10.0. The summed E-state index contributed by atoms with van der Waals surface area (Å²) in [5.41, 5.74) is 2.28. The Morgan fingerprint density at radius 3 is 2.22 bits per heavy atom. The molecule has 0 saturated carbocycles. The van der Waals surface area contributed by atoms with Crippen LogP contribution in [0.4, 0.5) is 0 Å². The molecular formula is C9H14. The van der Waals surface area contributed by atoms with Crippen molar-refractivity contribution >= 4 is 0 Å². The van der Waals surface area contributed by atoms with Crippen molar-refractivity contribution in [3.05, 3.63) is 36.5 Å². The molecule has 0 aliphatic rings. The molecule has 0 atom stereocenters. The molecule has 0 heterocycles. The maximum atomic E-state index is 3.77. The highest BCUT2D eigenvalue weighted by molar-refractivity contribution is 5.13. The molecule has 0 aliphatic heterocycles. The molecule has 50 valence electrons.